The van der Waals surface area contributed by atoms with Gasteiger partial charge in [0.05, 0.1) is 6.61 Å². The van der Waals surface area contributed by atoms with Crippen molar-refractivity contribution in [1.29, 1.82) is 0 Å². The van der Waals surface area contributed by atoms with E-state index < -0.39 is 0 Å². The van der Waals surface area contributed by atoms with Gasteiger partial charge in [-0.05, 0) is 12.1 Å². The minimum absolute atomic E-state index is 0.0302. The van der Waals surface area contributed by atoms with E-state index in [9.17, 15) is 0 Å². The molecule has 0 spiro atoms. The molecular weight excluding hydrogens is 196 g/mol. The fraction of sp³-hybridized carbons (Fsp3) is 0.400. The van der Waals surface area contributed by atoms with E-state index in [0.29, 0.717) is 6.54 Å². The third kappa shape index (κ3) is 2.31. The average molecular weight is 210 g/mol. The van der Waals surface area contributed by atoms with E-state index in [2.05, 4.69) is 5.32 Å². The molecule has 1 aromatic rings. The third-order valence-electron chi connectivity index (χ3n) is 2.18. The van der Waals surface area contributed by atoms with E-state index in [1.165, 1.54) is 0 Å². The molecule has 0 bridgehead atoms. The lowest BCUT2D eigenvalue weighted by molar-refractivity contribution is 0.174. The van der Waals surface area contributed by atoms with E-state index in [-0.39, 0.29) is 19.4 Å². The lowest BCUT2D eigenvalue weighted by Crippen LogP contribution is -2.32. The van der Waals surface area contributed by atoms with Crippen LogP contribution in [0.1, 0.15) is 0 Å². The van der Waals surface area contributed by atoms with Gasteiger partial charge < -0.3 is 25.6 Å². The van der Waals surface area contributed by atoms with Crippen LogP contribution < -0.4 is 20.5 Å². The maximum Gasteiger partial charge on any atom is 0.231 e. The summed E-state index contributed by atoms with van der Waals surface area (Å²) in [6, 6.07) is 5.33. The number of aliphatic hydroxyl groups is 1. The van der Waals surface area contributed by atoms with Gasteiger partial charge in [-0.1, -0.05) is 0 Å². The van der Waals surface area contributed by atoms with E-state index in [1.807, 2.05) is 18.2 Å². The molecule has 0 saturated heterocycles. The summed E-state index contributed by atoms with van der Waals surface area (Å²) in [5, 5.41) is 11.9. The summed E-state index contributed by atoms with van der Waals surface area (Å²) in [5.41, 5.74) is 6.47. The zero-order valence-electron chi connectivity index (χ0n) is 8.27. The Morgan fingerprint density at radius 1 is 1.40 bits per heavy atom. The van der Waals surface area contributed by atoms with Crippen molar-refractivity contribution in [3.63, 3.8) is 0 Å². The predicted octanol–water partition coefficient (Wildman–Crippen LogP) is 0.147. The maximum absolute atomic E-state index is 8.76. The first-order chi connectivity index (χ1) is 7.29. The van der Waals surface area contributed by atoms with Crippen molar-refractivity contribution in [2.75, 3.05) is 25.3 Å². The Morgan fingerprint density at radius 2 is 2.20 bits per heavy atom. The highest BCUT2D eigenvalue weighted by molar-refractivity contribution is 5.55. The molecule has 2 rings (SSSR count). The van der Waals surface area contributed by atoms with Crippen LogP contribution in [0.5, 0.6) is 11.5 Å². The van der Waals surface area contributed by atoms with Crippen molar-refractivity contribution >= 4 is 5.69 Å². The number of aliphatic hydroxyl groups excluding tert-OH is 1. The third-order valence-corrected chi connectivity index (χ3v) is 2.18. The molecule has 0 aliphatic carbocycles. The van der Waals surface area contributed by atoms with Gasteiger partial charge in [0.1, 0.15) is 0 Å². The van der Waals surface area contributed by atoms with E-state index in [1.54, 1.807) is 0 Å². The van der Waals surface area contributed by atoms with Crippen LogP contribution in [0.3, 0.4) is 0 Å². The summed E-state index contributed by atoms with van der Waals surface area (Å²) in [4.78, 5) is 0. The lowest BCUT2D eigenvalue weighted by atomic mass is 10.2. The van der Waals surface area contributed by atoms with Gasteiger partial charge in [-0.3, -0.25) is 0 Å². The summed E-state index contributed by atoms with van der Waals surface area (Å²) in [6.45, 7) is 0.767. The number of hydrogen-bond donors (Lipinski definition) is 3. The van der Waals surface area contributed by atoms with Crippen LogP contribution in [-0.2, 0) is 0 Å². The van der Waals surface area contributed by atoms with E-state index in [4.69, 9.17) is 20.3 Å². The summed E-state index contributed by atoms with van der Waals surface area (Å²) >= 11 is 0. The van der Waals surface area contributed by atoms with E-state index in [0.717, 1.165) is 17.2 Å². The smallest absolute Gasteiger partial charge is 0.231 e. The largest absolute Gasteiger partial charge is 0.454 e. The zero-order chi connectivity index (χ0) is 10.7. The van der Waals surface area contributed by atoms with Gasteiger partial charge in [0.15, 0.2) is 11.5 Å². The van der Waals surface area contributed by atoms with Gasteiger partial charge in [0.2, 0.25) is 6.79 Å². The number of fused-ring (bicyclic) bond motifs is 1. The van der Waals surface area contributed by atoms with Crippen LogP contribution in [0.25, 0.3) is 0 Å². The first kappa shape index (κ1) is 10.1. The molecule has 0 radical (unpaired) electrons. The number of anilines is 1. The predicted molar refractivity (Wildman–Crippen MR) is 56.1 cm³/mol. The first-order valence-corrected chi connectivity index (χ1v) is 4.79. The standard InChI is InChI=1S/C10H14N2O3/c11-7(5-13)4-12-8-1-2-9-10(3-8)15-6-14-9/h1-3,7,12-13H,4-6,11H2. The summed E-state index contributed by atoms with van der Waals surface area (Å²) in [6.07, 6.45) is 0. The lowest BCUT2D eigenvalue weighted by Gasteiger charge is -2.11. The molecule has 1 atom stereocenters. The van der Waals surface area contributed by atoms with Gasteiger partial charge in [0.25, 0.3) is 0 Å². The molecule has 15 heavy (non-hydrogen) atoms. The van der Waals surface area contributed by atoms with Gasteiger partial charge in [-0.25, -0.2) is 0 Å². The molecule has 0 aromatic heterocycles. The number of rotatable bonds is 4. The van der Waals surface area contributed by atoms with Crippen molar-refractivity contribution in [2.45, 2.75) is 6.04 Å². The minimum atomic E-state index is -0.254. The molecule has 1 aromatic carbocycles. The zero-order valence-corrected chi connectivity index (χ0v) is 8.27. The van der Waals surface area contributed by atoms with Crippen molar-refractivity contribution in [2.24, 2.45) is 5.73 Å². The Balaban J connectivity index is 1.98. The minimum Gasteiger partial charge on any atom is -0.454 e. The monoisotopic (exact) mass is 210 g/mol. The highest BCUT2D eigenvalue weighted by Crippen LogP contribution is 2.34. The van der Waals surface area contributed by atoms with Crippen molar-refractivity contribution in [1.82, 2.24) is 0 Å². The Bertz CT molecular complexity index is 343. The Morgan fingerprint density at radius 3 is 3.00 bits per heavy atom. The Labute approximate surface area is 87.8 Å². The second-order valence-electron chi connectivity index (χ2n) is 3.39. The van der Waals surface area contributed by atoms with Gasteiger partial charge in [-0.15, -0.1) is 0 Å². The Hall–Kier alpha value is -1.46. The van der Waals surface area contributed by atoms with Crippen LogP contribution >= 0.6 is 0 Å². The van der Waals surface area contributed by atoms with Gasteiger partial charge >= 0.3 is 0 Å². The van der Waals surface area contributed by atoms with Crippen LogP contribution in [0.2, 0.25) is 0 Å². The SMILES string of the molecule is NC(CO)CNc1ccc2c(c1)OCO2. The molecule has 0 saturated carbocycles. The molecule has 1 aliphatic heterocycles. The molecule has 1 aliphatic rings. The number of nitrogens with two attached hydrogens (primary N) is 1. The molecule has 0 fully saturated rings. The topological polar surface area (TPSA) is 76.7 Å². The molecule has 5 nitrogen and oxygen atoms in total. The normalized spacial score (nSPS) is 15.1. The first-order valence-electron chi connectivity index (χ1n) is 4.79. The maximum atomic E-state index is 8.76. The molecule has 4 N–H and O–H groups in total. The quantitative estimate of drug-likeness (QED) is 0.659. The van der Waals surface area contributed by atoms with Crippen molar-refractivity contribution in [3.8, 4) is 11.5 Å². The molecule has 1 heterocycles. The fourth-order valence-corrected chi connectivity index (χ4v) is 1.32. The highest BCUT2D eigenvalue weighted by Gasteiger charge is 2.13. The van der Waals surface area contributed by atoms with Gasteiger partial charge in [-0.2, -0.15) is 0 Å². The van der Waals surface area contributed by atoms with Crippen molar-refractivity contribution < 1.29 is 14.6 Å². The molecular formula is C10H14N2O3. The highest BCUT2D eigenvalue weighted by atomic mass is 16.7. The fourth-order valence-electron chi connectivity index (χ4n) is 1.32. The Kier molecular flexibility index (Phi) is 2.94. The van der Waals surface area contributed by atoms with Gasteiger partial charge in [0, 0.05) is 24.3 Å². The number of hydrogen-bond acceptors (Lipinski definition) is 5. The second-order valence-corrected chi connectivity index (χ2v) is 3.39. The number of nitrogens with one attached hydrogen (secondary N) is 1. The van der Waals surface area contributed by atoms with Crippen LogP contribution in [0.4, 0.5) is 5.69 Å². The summed E-state index contributed by atoms with van der Waals surface area (Å²) in [5.74, 6) is 1.49. The molecule has 5 heteroatoms. The number of ether oxygens (including phenoxy) is 2. The summed E-state index contributed by atoms with van der Waals surface area (Å²) < 4.78 is 10.4. The van der Waals surface area contributed by atoms with Crippen molar-refractivity contribution in [3.05, 3.63) is 18.2 Å². The van der Waals surface area contributed by atoms with Crippen LogP contribution in [0, 0.1) is 0 Å². The summed E-state index contributed by atoms with van der Waals surface area (Å²) in [7, 11) is 0. The van der Waals surface area contributed by atoms with Crippen LogP contribution in [0.15, 0.2) is 18.2 Å². The number of benzene rings is 1. The van der Waals surface area contributed by atoms with Crippen LogP contribution in [-0.4, -0.2) is 31.1 Å². The average Bonchev–Trinajstić information content (AvgIpc) is 2.72. The van der Waals surface area contributed by atoms with E-state index >= 15 is 0 Å². The molecule has 0 amide bonds. The molecule has 82 valence electrons. The molecule has 1 unspecified atom stereocenters. The second kappa shape index (κ2) is 4.37.